The molecule has 0 saturated carbocycles. The molecule has 1 aliphatic rings. The Morgan fingerprint density at radius 1 is 1.33 bits per heavy atom. The number of hydrogen-bond donors (Lipinski definition) is 1. The van der Waals surface area contributed by atoms with Gasteiger partial charge in [-0.1, -0.05) is 0 Å². The van der Waals surface area contributed by atoms with Gasteiger partial charge in [0.15, 0.2) is 0 Å². The SMILES string of the molecule is CC(C)(C)OC(=O)N1CCCC(Nc2cc(C(F)(F)F)ncn2)C1. The smallest absolute Gasteiger partial charge is 0.433 e. The van der Waals surface area contributed by atoms with Gasteiger partial charge in [-0.05, 0) is 33.6 Å². The van der Waals surface area contributed by atoms with Crippen LogP contribution in [0.25, 0.3) is 0 Å². The van der Waals surface area contributed by atoms with Crippen molar-refractivity contribution in [2.45, 2.75) is 51.4 Å². The van der Waals surface area contributed by atoms with Gasteiger partial charge in [-0.2, -0.15) is 13.2 Å². The summed E-state index contributed by atoms with van der Waals surface area (Å²) in [4.78, 5) is 20.7. The van der Waals surface area contributed by atoms with Gasteiger partial charge in [0, 0.05) is 25.2 Å². The van der Waals surface area contributed by atoms with Gasteiger partial charge in [0.05, 0.1) is 0 Å². The molecule has 0 spiro atoms. The Morgan fingerprint density at radius 3 is 2.67 bits per heavy atom. The zero-order valence-electron chi connectivity index (χ0n) is 13.9. The second-order valence-corrected chi connectivity index (χ2v) is 6.70. The van der Waals surface area contributed by atoms with Crippen LogP contribution in [0.15, 0.2) is 12.4 Å². The zero-order chi connectivity index (χ0) is 18.0. The van der Waals surface area contributed by atoms with E-state index in [0.29, 0.717) is 13.1 Å². The summed E-state index contributed by atoms with van der Waals surface area (Å²) in [5.74, 6) is 0.0911. The predicted molar refractivity (Wildman–Crippen MR) is 81.5 cm³/mol. The van der Waals surface area contributed by atoms with E-state index in [-0.39, 0.29) is 11.9 Å². The third-order valence-corrected chi connectivity index (χ3v) is 3.38. The molecule has 6 nitrogen and oxygen atoms in total. The lowest BCUT2D eigenvalue weighted by Gasteiger charge is -2.34. The number of halogens is 3. The Kier molecular flexibility index (Phi) is 5.19. The number of likely N-dealkylation sites (tertiary alicyclic amines) is 1. The van der Waals surface area contributed by atoms with Crippen LogP contribution in [0, 0.1) is 0 Å². The van der Waals surface area contributed by atoms with Crippen LogP contribution in [0.4, 0.5) is 23.8 Å². The molecule has 0 radical (unpaired) electrons. The van der Waals surface area contributed by atoms with Gasteiger partial charge < -0.3 is 15.0 Å². The maximum atomic E-state index is 12.7. The Labute approximate surface area is 138 Å². The van der Waals surface area contributed by atoms with Gasteiger partial charge in [-0.25, -0.2) is 14.8 Å². The molecule has 0 aromatic carbocycles. The lowest BCUT2D eigenvalue weighted by atomic mass is 10.1. The minimum absolute atomic E-state index is 0.0911. The summed E-state index contributed by atoms with van der Waals surface area (Å²) < 4.78 is 43.4. The number of alkyl halides is 3. The quantitative estimate of drug-likeness (QED) is 0.890. The van der Waals surface area contributed by atoms with E-state index in [1.807, 2.05) is 0 Å². The van der Waals surface area contributed by atoms with Gasteiger partial charge in [0.1, 0.15) is 23.4 Å². The predicted octanol–water partition coefficient (Wildman–Crippen LogP) is 3.31. The van der Waals surface area contributed by atoms with Crippen LogP contribution in [-0.4, -0.2) is 45.7 Å². The van der Waals surface area contributed by atoms with Crippen molar-refractivity contribution in [1.29, 1.82) is 0 Å². The molecule has 1 aromatic rings. The number of hydrogen-bond acceptors (Lipinski definition) is 5. The first-order valence-corrected chi connectivity index (χ1v) is 7.68. The summed E-state index contributed by atoms with van der Waals surface area (Å²) in [5.41, 5.74) is -1.59. The van der Waals surface area contributed by atoms with E-state index < -0.39 is 23.6 Å². The van der Waals surface area contributed by atoms with Gasteiger partial charge in [0.2, 0.25) is 0 Å². The van der Waals surface area contributed by atoms with E-state index in [0.717, 1.165) is 25.2 Å². The van der Waals surface area contributed by atoms with E-state index in [2.05, 4.69) is 15.3 Å². The van der Waals surface area contributed by atoms with Crippen molar-refractivity contribution in [3.05, 3.63) is 18.1 Å². The molecule has 1 amide bonds. The fraction of sp³-hybridized carbons (Fsp3) is 0.667. The molecule has 1 unspecified atom stereocenters. The molecular weight excluding hydrogens is 325 g/mol. The van der Waals surface area contributed by atoms with E-state index in [1.54, 1.807) is 25.7 Å². The number of aromatic nitrogens is 2. The second-order valence-electron chi connectivity index (χ2n) is 6.70. The van der Waals surface area contributed by atoms with Gasteiger partial charge in [-0.3, -0.25) is 0 Å². The molecule has 1 atom stereocenters. The summed E-state index contributed by atoms with van der Waals surface area (Å²) in [6, 6.07) is 0.675. The number of amides is 1. The highest BCUT2D eigenvalue weighted by atomic mass is 19.4. The maximum Gasteiger partial charge on any atom is 0.433 e. The molecule has 24 heavy (non-hydrogen) atoms. The van der Waals surface area contributed by atoms with Crippen LogP contribution in [0.1, 0.15) is 39.3 Å². The van der Waals surface area contributed by atoms with Crippen LogP contribution in [-0.2, 0) is 10.9 Å². The summed E-state index contributed by atoms with van der Waals surface area (Å²) in [6.07, 6.45) is -2.61. The van der Waals surface area contributed by atoms with Gasteiger partial charge in [0.25, 0.3) is 0 Å². The highest BCUT2D eigenvalue weighted by Gasteiger charge is 2.33. The summed E-state index contributed by atoms with van der Waals surface area (Å²) >= 11 is 0. The highest BCUT2D eigenvalue weighted by Crippen LogP contribution is 2.28. The number of ether oxygens (including phenoxy) is 1. The molecule has 134 valence electrons. The molecule has 1 aliphatic heterocycles. The fourth-order valence-corrected chi connectivity index (χ4v) is 2.39. The number of carbonyl (C=O) groups is 1. The summed E-state index contributed by atoms with van der Waals surface area (Å²) in [5, 5.41) is 2.94. The van der Waals surface area contributed by atoms with Crippen LogP contribution < -0.4 is 5.32 Å². The van der Waals surface area contributed by atoms with Crippen molar-refractivity contribution in [3.63, 3.8) is 0 Å². The number of carbonyl (C=O) groups excluding carboxylic acids is 1. The maximum absolute atomic E-state index is 12.7. The number of anilines is 1. The fourth-order valence-electron chi connectivity index (χ4n) is 2.39. The molecule has 1 aromatic heterocycles. The van der Waals surface area contributed by atoms with Crippen molar-refractivity contribution in [2.24, 2.45) is 0 Å². The average molecular weight is 346 g/mol. The topological polar surface area (TPSA) is 67.3 Å². The van der Waals surface area contributed by atoms with Crippen molar-refractivity contribution in [2.75, 3.05) is 18.4 Å². The number of piperidine rings is 1. The molecule has 2 heterocycles. The number of rotatable bonds is 2. The van der Waals surface area contributed by atoms with Gasteiger partial charge in [-0.15, -0.1) is 0 Å². The van der Waals surface area contributed by atoms with Crippen LogP contribution in [0.2, 0.25) is 0 Å². The third kappa shape index (κ3) is 5.24. The monoisotopic (exact) mass is 346 g/mol. The minimum atomic E-state index is -4.52. The van der Waals surface area contributed by atoms with Crippen molar-refractivity contribution in [3.8, 4) is 0 Å². The largest absolute Gasteiger partial charge is 0.444 e. The molecular formula is C15H21F3N4O2. The normalized spacial score (nSPS) is 19.1. The summed E-state index contributed by atoms with van der Waals surface area (Å²) in [6.45, 7) is 6.25. The third-order valence-electron chi connectivity index (χ3n) is 3.38. The van der Waals surface area contributed by atoms with E-state index in [1.165, 1.54) is 0 Å². The van der Waals surface area contributed by atoms with Crippen molar-refractivity contribution >= 4 is 11.9 Å². The molecule has 0 aliphatic carbocycles. The van der Waals surface area contributed by atoms with E-state index in [4.69, 9.17) is 4.74 Å². The van der Waals surface area contributed by atoms with E-state index in [9.17, 15) is 18.0 Å². The first-order valence-electron chi connectivity index (χ1n) is 7.68. The Morgan fingerprint density at radius 2 is 2.04 bits per heavy atom. The van der Waals surface area contributed by atoms with Crippen LogP contribution in [0.3, 0.4) is 0 Å². The number of nitrogens with zero attached hydrogens (tertiary/aromatic N) is 3. The lowest BCUT2D eigenvalue weighted by Crippen LogP contribution is -2.47. The molecule has 1 fully saturated rings. The average Bonchev–Trinajstić information content (AvgIpc) is 2.45. The zero-order valence-corrected chi connectivity index (χ0v) is 13.9. The molecule has 2 rings (SSSR count). The molecule has 1 saturated heterocycles. The first-order chi connectivity index (χ1) is 11.0. The number of nitrogens with one attached hydrogen (secondary N) is 1. The summed E-state index contributed by atoms with van der Waals surface area (Å²) in [7, 11) is 0. The van der Waals surface area contributed by atoms with Crippen LogP contribution >= 0.6 is 0 Å². The minimum Gasteiger partial charge on any atom is -0.444 e. The second kappa shape index (κ2) is 6.82. The van der Waals surface area contributed by atoms with Crippen molar-refractivity contribution in [1.82, 2.24) is 14.9 Å². The first kappa shape index (κ1) is 18.3. The van der Waals surface area contributed by atoms with Gasteiger partial charge >= 0.3 is 12.3 Å². The molecule has 9 heteroatoms. The van der Waals surface area contributed by atoms with Crippen LogP contribution in [0.5, 0.6) is 0 Å². The standard InChI is InChI=1S/C15H21F3N4O2/c1-14(2,3)24-13(23)22-6-4-5-10(8-22)21-12-7-11(15(16,17)18)19-9-20-12/h7,9-10H,4-6,8H2,1-3H3,(H,19,20,21). The highest BCUT2D eigenvalue weighted by molar-refractivity contribution is 5.68. The van der Waals surface area contributed by atoms with Crippen molar-refractivity contribution < 1.29 is 22.7 Å². The molecule has 1 N–H and O–H groups in total. The Hall–Kier alpha value is -2.06. The Balaban J connectivity index is 1.99. The Bertz CT molecular complexity index is 587. The lowest BCUT2D eigenvalue weighted by molar-refractivity contribution is -0.141. The molecule has 0 bridgehead atoms. The van der Waals surface area contributed by atoms with E-state index >= 15 is 0 Å².